The molecule has 8 heteroatoms. The summed E-state index contributed by atoms with van der Waals surface area (Å²) in [7, 11) is 0. The van der Waals surface area contributed by atoms with E-state index in [4.69, 9.17) is 16.3 Å². The average Bonchev–Trinajstić information content (AvgIpc) is 3.03. The van der Waals surface area contributed by atoms with E-state index in [1.165, 1.54) is 11.3 Å². The zero-order valence-electron chi connectivity index (χ0n) is 13.1. The lowest BCUT2D eigenvalue weighted by Gasteiger charge is -2.05. The van der Waals surface area contributed by atoms with Crippen molar-refractivity contribution >= 4 is 39.8 Å². The van der Waals surface area contributed by atoms with Gasteiger partial charge in [0.15, 0.2) is 0 Å². The number of anilines is 2. The second-order valence-electron chi connectivity index (χ2n) is 5.00. The van der Waals surface area contributed by atoms with Gasteiger partial charge in [0.2, 0.25) is 5.13 Å². The number of hydrogen-bond acceptors (Lipinski definition) is 5. The van der Waals surface area contributed by atoms with Crippen LogP contribution in [0.5, 0.6) is 5.75 Å². The molecule has 0 spiro atoms. The minimum Gasteiger partial charge on any atom is -0.493 e. The predicted octanol–water partition coefficient (Wildman–Crippen LogP) is 4.46. The van der Waals surface area contributed by atoms with Crippen LogP contribution in [0.3, 0.4) is 0 Å². The molecule has 0 bridgehead atoms. The van der Waals surface area contributed by atoms with Crippen molar-refractivity contribution in [2.24, 2.45) is 0 Å². The van der Waals surface area contributed by atoms with Gasteiger partial charge in [-0.2, -0.15) is 0 Å². The molecule has 0 fully saturated rings. The van der Waals surface area contributed by atoms with Crippen LogP contribution in [0.15, 0.2) is 54.6 Å². The molecule has 0 radical (unpaired) electrons. The molecule has 1 heterocycles. The minimum atomic E-state index is -0.398. The van der Waals surface area contributed by atoms with Crippen molar-refractivity contribution in [3.63, 3.8) is 0 Å². The Morgan fingerprint density at radius 1 is 1.08 bits per heavy atom. The van der Waals surface area contributed by atoms with Crippen LogP contribution in [0, 0.1) is 0 Å². The molecule has 0 atom stereocenters. The fourth-order valence-corrected chi connectivity index (χ4v) is 2.91. The molecule has 0 saturated heterocycles. The molecule has 25 heavy (non-hydrogen) atoms. The molecule has 2 N–H and O–H groups in total. The number of para-hydroxylation sites is 1. The van der Waals surface area contributed by atoms with Crippen LogP contribution >= 0.6 is 22.9 Å². The Bertz CT molecular complexity index is 841. The number of aromatic nitrogens is 2. The largest absolute Gasteiger partial charge is 0.493 e. The molecule has 3 aromatic rings. The molecule has 2 amide bonds. The number of nitrogens with zero attached hydrogens (tertiary/aromatic N) is 2. The van der Waals surface area contributed by atoms with E-state index < -0.39 is 6.03 Å². The Morgan fingerprint density at radius 2 is 1.92 bits per heavy atom. The molecule has 2 aromatic carbocycles. The minimum absolute atomic E-state index is 0.398. The summed E-state index contributed by atoms with van der Waals surface area (Å²) < 4.78 is 5.62. The second kappa shape index (κ2) is 8.46. The first-order valence-electron chi connectivity index (χ1n) is 7.53. The lowest BCUT2D eigenvalue weighted by atomic mass is 10.3. The van der Waals surface area contributed by atoms with E-state index in [2.05, 4.69) is 20.8 Å². The highest BCUT2D eigenvalue weighted by Crippen LogP contribution is 2.18. The van der Waals surface area contributed by atoms with Crippen LogP contribution in [0.1, 0.15) is 5.01 Å². The Balaban J connectivity index is 1.47. The van der Waals surface area contributed by atoms with Gasteiger partial charge in [0.05, 0.1) is 6.61 Å². The van der Waals surface area contributed by atoms with E-state index in [1.807, 2.05) is 30.3 Å². The summed E-state index contributed by atoms with van der Waals surface area (Å²) >= 11 is 7.19. The zero-order valence-corrected chi connectivity index (χ0v) is 14.7. The van der Waals surface area contributed by atoms with Gasteiger partial charge in [0.25, 0.3) is 0 Å². The third-order valence-corrected chi connectivity index (χ3v) is 4.23. The SMILES string of the molecule is O=C(Nc1cccc(Cl)c1)Nc1nnc(CCOc2ccccc2)s1. The highest BCUT2D eigenvalue weighted by atomic mass is 35.5. The van der Waals surface area contributed by atoms with Gasteiger partial charge in [-0.3, -0.25) is 5.32 Å². The second-order valence-corrected chi connectivity index (χ2v) is 6.50. The number of benzene rings is 2. The number of carbonyl (C=O) groups excluding carboxylic acids is 1. The molecule has 0 aliphatic rings. The van der Waals surface area contributed by atoms with Gasteiger partial charge in [0.1, 0.15) is 10.8 Å². The van der Waals surface area contributed by atoms with Crippen LogP contribution < -0.4 is 15.4 Å². The van der Waals surface area contributed by atoms with E-state index in [1.54, 1.807) is 24.3 Å². The van der Waals surface area contributed by atoms with Crippen LogP contribution in [0.2, 0.25) is 5.02 Å². The van der Waals surface area contributed by atoms with Crippen molar-refractivity contribution in [3.05, 3.63) is 64.6 Å². The summed E-state index contributed by atoms with van der Waals surface area (Å²) in [5.41, 5.74) is 0.603. The van der Waals surface area contributed by atoms with Gasteiger partial charge in [-0.1, -0.05) is 47.2 Å². The molecular weight excluding hydrogens is 360 g/mol. The molecule has 0 saturated carbocycles. The van der Waals surface area contributed by atoms with Crippen LogP contribution in [0.25, 0.3) is 0 Å². The maximum Gasteiger partial charge on any atom is 0.325 e. The zero-order chi connectivity index (χ0) is 17.5. The van der Waals surface area contributed by atoms with E-state index in [-0.39, 0.29) is 0 Å². The maximum absolute atomic E-state index is 12.0. The number of ether oxygens (including phenoxy) is 1. The summed E-state index contributed by atoms with van der Waals surface area (Å²) in [5.74, 6) is 0.811. The monoisotopic (exact) mass is 374 g/mol. The normalized spacial score (nSPS) is 10.3. The fourth-order valence-electron chi connectivity index (χ4n) is 2.00. The summed E-state index contributed by atoms with van der Waals surface area (Å²) in [6, 6.07) is 16.1. The maximum atomic E-state index is 12.0. The molecule has 0 aliphatic heterocycles. The first-order valence-corrected chi connectivity index (χ1v) is 8.72. The molecule has 128 valence electrons. The molecular formula is C17H15ClN4O2S. The van der Waals surface area contributed by atoms with Crippen LogP contribution in [-0.2, 0) is 6.42 Å². The molecule has 1 aromatic heterocycles. The summed E-state index contributed by atoms with van der Waals surface area (Å²) in [6.07, 6.45) is 0.615. The number of amides is 2. The number of nitrogens with one attached hydrogen (secondary N) is 2. The number of carbonyl (C=O) groups is 1. The van der Waals surface area contributed by atoms with Gasteiger partial charge < -0.3 is 10.1 Å². The van der Waals surface area contributed by atoms with Crippen LogP contribution in [0.4, 0.5) is 15.6 Å². The number of halogens is 1. The Hall–Kier alpha value is -2.64. The first-order chi connectivity index (χ1) is 12.2. The lowest BCUT2D eigenvalue weighted by molar-refractivity contribution is 0.262. The van der Waals surface area contributed by atoms with Crippen molar-refractivity contribution in [2.75, 3.05) is 17.2 Å². The average molecular weight is 375 g/mol. The first kappa shape index (κ1) is 17.2. The number of urea groups is 1. The van der Waals surface area contributed by atoms with Crippen molar-refractivity contribution in [2.45, 2.75) is 6.42 Å². The summed E-state index contributed by atoms with van der Waals surface area (Å²) in [6.45, 7) is 0.493. The Kier molecular flexibility index (Phi) is 5.81. The van der Waals surface area contributed by atoms with Crippen molar-refractivity contribution in [1.82, 2.24) is 10.2 Å². The molecule has 0 aliphatic carbocycles. The topological polar surface area (TPSA) is 76.1 Å². The van der Waals surface area contributed by atoms with Gasteiger partial charge in [-0.25, -0.2) is 4.79 Å². The fraction of sp³-hybridized carbons (Fsp3) is 0.118. The van der Waals surface area contributed by atoms with E-state index >= 15 is 0 Å². The van der Waals surface area contributed by atoms with E-state index in [0.717, 1.165) is 10.8 Å². The Labute approximate surface area is 153 Å². The van der Waals surface area contributed by atoms with Crippen molar-refractivity contribution < 1.29 is 9.53 Å². The number of hydrogen-bond donors (Lipinski definition) is 2. The van der Waals surface area contributed by atoms with Crippen LogP contribution in [-0.4, -0.2) is 22.8 Å². The van der Waals surface area contributed by atoms with E-state index in [0.29, 0.717) is 28.9 Å². The van der Waals surface area contributed by atoms with Crippen molar-refractivity contribution in [1.29, 1.82) is 0 Å². The van der Waals surface area contributed by atoms with Gasteiger partial charge >= 0.3 is 6.03 Å². The molecule has 0 unspecified atom stereocenters. The standard InChI is InChI=1S/C17H15ClN4O2S/c18-12-5-4-6-13(11-12)19-16(23)20-17-22-21-15(25-17)9-10-24-14-7-2-1-3-8-14/h1-8,11H,9-10H2,(H2,19,20,22,23). The lowest BCUT2D eigenvalue weighted by Crippen LogP contribution is -2.19. The van der Waals surface area contributed by atoms with Gasteiger partial charge in [-0.15, -0.1) is 10.2 Å². The predicted molar refractivity (Wildman–Crippen MR) is 99.6 cm³/mol. The van der Waals surface area contributed by atoms with E-state index in [9.17, 15) is 4.79 Å². The van der Waals surface area contributed by atoms with Gasteiger partial charge in [-0.05, 0) is 30.3 Å². The Morgan fingerprint density at radius 3 is 2.72 bits per heavy atom. The van der Waals surface area contributed by atoms with Gasteiger partial charge in [0, 0.05) is 17.1 Å². The summed E-state index contributed by atoms with van der Waals surface area (Å²) in [4.78, 5) is 12.0. The molecule has 3 rings (SSSR count). The third-order valence-electron chi connectivity index (χ3n) is 3.10. The smallest absolute Gasteiger partial charge is 0.325 e. The third kappa shape index (κ3) is 5.44. The quantitative estimate of drug-likeness (QED) is 0.668. The summed E-state index contributed by atoms with van der Waals surface area (Å²) in [5, 5.41) is 15.1. The van der Waals surface area contributed by atoms with Crippen molar-refractivity contribution in [3.8, 4) is 5.75 Å². The highest BCUT2D eigenvalue weighted by molar-refractivity contribution is 7.15. The highest BCUT2D eigenvalue weighted by Gasteiger charge is 2.09. The molecule has 6 nitrogen and oxygen atoms in total. The number of rotatable bonds is 6.